The van der Waals surface area contributed by atoms with E-state index in [0.717, 1.165) is 30.2 Å². The number of phenolic OH excluding ortho intramolecular Hbond substituents is 1. The zero-order chi connectivity index (χ0) is 16.7. The number of phenols is 1. The van der Waals surface area contributed by atoms with Crippen molar-refractivity contribution in [1.82, 2.24) is 5.32 Å². The highest BCUT2D eigenvalue weighted by atomic mass is 35.5. The van der Waals surface area contributed by atoms with Crippen LogP contribution in [-0.2, 0) is 0 Å². The topological polar surface area (TPSA) is 52.6 Å². The predicted octanol–water partition coefficient (Wildman–Crippen LogP) is 3.69. The van der Waals surface area contributed by atoms with E-state index in [4.69, 9.17) is 11.6 Å². The Morgan fingerprint density at radius 1 is 1.17 bits per heavy atom. The summed E-state index contributed by atoms with van der Waals surface area (Å²) >= 11 is 5.91. The number of halogens is 1. The molecule has 4 nitrogen and oxygen atoms in total. The second-order valence-electron chi connectivity index (χ2n) is 5.18. The van der Waals surface area contributed by atoms with Crippen LogP contribution in [0, 0.1) is 0 Å². The molecule has 0 aromatic heterocycles. The minimum absolute atomic E-state index is 0.00125. The van der Waals surface area contributed by atoms with Crippen LogP contribution in [0.1, 0.15) is 23.7 Å². The summed E-state index contributed by atoms with van der Waals surface area (Å²) in [7, 11) is 0. The van der Waals surface area contributed by atoms with Gasteiger partial charge in [-0.1, -0.05) is 23.7 Å². The van der Waals surface area contributed by atoms with E-state index in [9.17, 15) is 9.90 Å². The Hall–Kier alpha value is -2.20. The number of anilines is 1. The second kappa shape index (κ2) is 8.44. The molecular formula is C18H21ClN2O2. The highest BCUT2D eigenvalue weighted by Gasteiger charge is 2.09. The summed E-state index contributed by atoms with van der Waals surface area (Å²) in [5, 5.41) is 13.2. The molecule has 0 aliphatic carbocycles. The molecule has 0 saturated carbocycles. The fraction of sp³-hybridized carbons (Fsp3) is 0.278. The summed E-state index contributed by atoms with van der Waals surface area (Å²) in [5.74, 6) is -0.251. The van der Waals surface area contributed by atoms with E-state index in [2.05, 4.69) is 17.1 Å². The molecule has 0 unspecified atom stereocenters. The van der Waals surface area contributed by atoms with Crippen LogP contribution in [0.3, 0.4) is 0 Å². The zero-order valence-corrected chi connectivity index (χ0v) is 13.9. The van der Waals surface area contributed by atoms with Crippen LogP contribution in [0.4, 0.5) is 5.69 Å². The van der Waals surface area contributed by atoms with Crippen molar-refractivity contribution in [3.8, 4) is 5.75 Å². The summed E-state index contributed by atoms with van der Waals surface area (Å²) in [6.07, 6.45) is 0.815. The number of nitrogens with one attached hydrogen (secondary N) is 1. The van der Waals surface area contributed by atoms with Crippen molar-refractivity contribution in [2.75, 3.05) is 24.5 Å². The molecule has 5 heteroatoms. The molecule has 0 aliphatic heterocycles. The van der Waals surface area contributed by atoms with E-state index in [-0.39, 0.29) is 11.7 Å². The number of hydrogen-bond donors (Lipinski definition) is 2. The number of benzene rings is 2. The van der Waals surface area contributed by atoms with Gasteiger partial charge in [-0.25, -0.2) is 0 Å². The maximum absolute atomic E-state index is 12.0. The first-order valence-corrected chi connectivity index (χ1v) is 8.06. The van der Waals surface area contributed by atoms with Crippen LogP contribution in [0.2, 0.25) is 5.02 Å². The first-order chi connectivity index (χ1) is 11.1. The minimum Gasteiger partial charge on any atom is -0.507 e. The molecule has 122 valence electrons. The molecule has 0 heterocycles. The van der Waals surface area contributed by atoms with Crippen molar-refractivity contribution in [1.29, 1.82) is 0 Å². The van der Waals surface area contributed by atoms with Crippen LogP contribution in [0.5, 0.6) is 5.75 Å². The monoisotopic (exact) mass is 332 g/mol. The van der Waals surface area contributed by atoms with Crippen molar-refractivity contribution >= 4 is 23.2 Å². The smallest absolute Gasteiger partial charge is 0.255 e. The van der Waals surface area contributed by atoms with Gasteiger partial charge in [0.1, 0.15) is 5.75 Å². The van der Waals surface area contributed by atoms with E-state index < -0.39 is 0 Å². The maximum Gasteiger partial charge on any atom is 0.255 e. The van der Waals surface area contributed by atoms with Crippen LogP contribution in [0.25, 0.3) is 0 Å². The Balaban J connectivity index is 1.81. The van der Waals surface area contributed by atoms with Crippen LogP contribution < -0.4 is 10.2 Å². The molecule has 2 rings (SSSR count). The molecule has 0 atom stereocenters. The average Bonchev–Trinajstić information content (AvgIpc) is 2.56. The standard InChI is InChI=1S/C18H21ClN2O2/c1-2-21(15-10-8-14(19)9-11-15)13-5-12-20-18(23)16-6-3-4-7-17(16)22/h3-4,6-11,22H,2,5,12-13H2,1H3,(H,20,23). The molecule has 0 saturated heterocycles. The number of carbonyl (C=O) groups is 1. The first-order valence-electron chi connectivity index (χ1n) is 7.68. The van der Waals surface area contributed by atoms with E-state index >= 15 is 0 Å². The summed E-state index contributed by atoms with van der Waals surface area (Å²) in [4.78, 5) is 14.2. The maximum atomic E-state index is 12.0. The lowest BCUT2D eigenvalue weighted by atomic mass is 10.2. The zero-order valence-electron chi connectivity index (χ0n) is 13.1. The van der Waals surface area contributed by atoms with Crippen molar-refractivity contribution < 1.29 is 9.90 Å². The average molecular weight is 333 g/mol. The van der Waals surface area contributed by atoms with Gasteiger partial charge in [-0.15, -0.1) is 0 Å². The molecule has 0 bridgehead atoms. The molecule has 0 radical (unpaired) electrons. The number of hydrogen-bond acceptors (Lipinski definition) is 3. The van der Waals surface area contributed by atoms with Gasteiger partial charge < -0.3 is 15.3 Å². The van der Waals surface area contributed by atoms with Gasteiger partial charge in [0.05, 0.1) is 5.56 Å². The molecule has 2 N–H and O–H groups in total. The fourth-order valence-electron chi connectivity index (χ4n) is 2.35. The minimum atomic E-state index is -0.252. The molecule has 0 aliphatic rings. The van der Waals surface area contributed by atoms with Crippen molar-refractivity contribution in [2.24, 2.45) is 0 Å². The Morgan fingerprint density at radius 2 is 1.87 bits per heavy atom. The third-order valence-corrected chi connectivity index (χ3v) is 3.86. The highest BCUT2D eigenvalue weighted by molar-refractivity contribution is 6.30. The lowest BCUT2D eigenvalue weighted by Crippen LogP contribution is -2.30. The van der Waals surface area contributed by atoms with Gasteiger partial charge in [0.15, 0.2) is 0 Å². The summed E-state index contributed by atoms with van der Waals surface area (Å²) in [5.41, 5.74) is 1.42. The third-order valence-electron chi connectivity index (χ3n) is 3.61. The number of amides is 1. The predicted molar refractivity (Wildman–Crippen MR) is 94.4 cm³/mol. The number of para-hydroxylation sites is 1. The van der Waals surface area contributed by atoms with Gasteiger partial charge in [0, 0.05) is 30.3 Å². The summed E-state index contributed by atoms with van der Waals surface area (Å²) in [6.45, 7) is 4.36. The largest absolute Gasteiger partial charge is 0.507 e. The first kappa shape index (κ1) is 17.2. The Bertz CT molecular complexity index is 644. The molecular weight excluding hydrogens is 312 g/mol. The van der Waals surface area contributed by atoms with Gasteiger partial charge in [0.25, 0.3) is 5.91 Å². The van der Waals surface area contributed by atoms with E-state index in [1.807, 2.05) is 24.3 Å². The normalized spacial score (nSPS) is 10.3. The molecule has 2 aromatic carbocycles. The number of rotatable bonds is 7. The van der Waals surface area contributed by atoms with Crippen molar-refractivity contribution in [3.05, 3.63) is 59.1 Å². The van der Waals surface area contributed by atoms with Gasteiger partial charge in [-0.3, -0.25) is 4.79 Å². The van der Waals surface area contributed by atoms with Crippen molar-refractivity contribution in [2.45, 2.75) is 13.3 Å². The Morgan fingerprint density at radius 3 is 2.52 bits per heavy atom. The molecule has 0 spiro atoms. The Labute approximate surface area is 141 Å². The van der Waals surface area contributed by atoms with Gasteiger partial charge in [-0.05, 0) is 49.7 Å². The number of aromatic hydroxyl groups is 1. The molecule has 0 fully saturated rings. The van der Waals surface area contributed by atoms with Crippen LogP contribution in [-0.4, -0.2) is 30.6 Å². The number of carbonyl (C=O) groups excluding carboxylic acids is 1. The third kappa shape index (κ3) is 4.89. The van der Waals surface area contributed by atoms with Crippen LogP contribution in [0.15, 0.2) is 48.5 Å². The van der Waals surface area contributed by atoms with Gasteiger partial charge in [-0.2, -0.15) is 0 Å². The lowest BCUT2D eigenvalue weighted by Gasteiger charge is -2.23. The molecule has 1 amide bonds. The molecule has 23 heavy (non-hydrogen) atoms. The number of nitrogens with zero attached hydrogens (tertiary/aromatic N) is 1. The highest BCUT2D eigenvalue weighted by Crippen LogP contribution is 2.18. The summed E-state index contributed by atoms with van der Waals surface area (Å²) < 4.78 is 0. The lowest BCUT2D eigenvalue weighted by molar-refractivity contribution is 0.0951. The SMILES string of the molecule is CCN(CCCNC(=O)c1ccccc1O)c1ccc(Cl)cc1. The van der Waals surface area contributed by atoms with E-state index in [1.54, 1.807) is 18.2 Å². The van der Waals surface area contributed by atoms with E-state index in [0.29, 0.717) is 12.1 Å². The second-order valence-corrected chi connectivity index (χ2v) is 5.62. The quantitative estimate of drug-likeness (QED) is 0.760. The fourth-order valence-corrected chi connectivity index (χ4v) is 2.48. The Kier molecular flexibility index (Phi) is 6.29. The van der Waals surface area contributed by atoms with Gasteiger partial charge >= 0.3 is 0 Å². The van der Waals surface area contributed by atoms with Crippen LogP contribution >= 0.6 is 11.6 Å². The van der Waals surface area contributed by atoms with E-state index in [1.165, 1.54) is 6.07 Å². The molecule has 2 aromatic rings. The van der Waals surface area contributed by atoms with Gasteiger partial charge in [0.2, 0.25) is 0 Å². The van der Waals surface area contributed by atoms with Crippen molar-refractivity contribution in [3.63, 3.8) is 0 Å². The summed E-state index contributed by atoms with van der Waals surface area (Å²) in [6, 6.07) is 14.3.